The van der Waals surface area contributed by atoms with Gasteiger partial charge in [0.2, 0.25) is 11.9 Å². The molecule has 0 spiro atoms. The highest BCUT2D eigenvalue weighted by Gasteiger charge is 2.73. The number of carbonyl (C=O) groups is 1. The molecule has 4 atom stereocenters. The van der Waals surface area contributed by atoms with Gasteiger partial charge in [-0.05, 0) is 32.6 Å². The van der Waals surface area contributed by atoms with Gasteiger partial charge in [0, 0.05) is 31.0 Å². The third-order valence-corrected chi connectivity index (χ3v) is 6.52. The maximum absolute atomic E-state index is 11.0. The van der Waals surface area contributed by atoms with Crippen molar-refractivity contribution < 1.29 is 9.90 Å². The van der Waals surface area contributed by atoms with E-state index in [0.29, 0.717) is 42.0 Å². The van der Waals surface area contributed by atoms with Gasteiger partial charge < -0.3 is 26.8 Å². The summed E-state index contributed by atoms with van der Waals surface area (Å²) in [6.45, 7) is 8.52. The van der Waals surface area contributed by atoms with E-state index < -0.39 is 0 Å². The highest BCUT2D eigenvalue weighted by molar-refractivity contribution is 7.80. The van der Waals surface area contributed by atoms with E-state index in [2.05, 4.69) is 39.8 Å². The Bertz CT molecular complexity index is 787. The number of aromatic nitrogens is 2. The first-order valence-electron chi connectivity index (χ1n) is 9.23. The van der Waals surface area contributed by atoms with Crippen LogP contribution in [0.15, 0.2) is 0 Å². The predicted molar refractivity (Wildman–Crippen MR) is 109 cm³/mol. The van der Waals surface area contributed by atoms with E-state index in [1.807, 2.05) is 6.92 Å². The highest BCUT2D eigenvalue weighted by Crippen LogP contribution is 2.68. The lowest BCUT2D eigenvalue weighted by atomic mass is 9.84. The van der Waals surface area contributed by atoms with Crippen LogP contribution in [0.3, 0.4) is 0 Å². The highest BCUT2D eigenvalue weighted by atomic mass is 32.1. The second-order valence-electron chi connectivity index (χ2n) is 7.96. The standard InChI is InChI=1S/C18H28N6O2S/c1-9-12(14(19)27)15(23-16(22-9)21-8-7-20-10(2)25)24-17(3)6-5-11-13(26)18(11,17)4/h11,13,26H,5-8H2,1-4H3,(H2,19,27)(H,20,25)(H2,21,22,23,24). The van der Waals surface area contributed by atoms with Crippen LogP contribution in [0.4, 0.5) is 11.8 Å². The van der Waals surface area contributed by atoms with Crippen LogP contribution in [-0.4, -0.2) is 50.7 Å². The fourth-order valence-electron chi connectivity index (χ4n) is 4.39. The summed E-state index contributed by atoms with van der Waals surface area (Å²) >= 11 is 5.22. The van der Waals surface area contributed by atoms with Gasteiger partial charge in [-0.3, -0.25) is 4.79 Å². The zero-order valence-electron chi connectivity index (χ0n) is 16.2. The van der Waals surface area contributed by atoms with Gasteiger partial charge in [0.25, 0.3) is 0 Å². The number of hydrogen-bond donors (Lipinski definition) is 5. The van der Waals surface area contributed by atoms with Crippen LogP contribution in [0.5, 0.6) is 0 Å². The minimum Gasteiger partial charge on any atom is -0.392 e. The quantitative estimate of drug-likeness (QED) is 0.343. The van der Waals surface area contributed by atoms with E-state index in [-0.39, 0.29) is 28.0 Å². The molecular formula is C18H28N6O2S. The van der Waals surface area contributed by atoms with Crippen molar-refractivity contribution in [2.24, 2.45) is 17.1 Å². The van der Waals surface area contributed by atoms with E-state index in [1.165, 1.54) is 6.92 Å². The van der Waals surface area contributed by atoms with Gasteiger partial charge in [0.05, 0.1) is 17.4 Å². The van der Waals surface area contributed by atoms with Gasteiger partial charge in [0.15, 0.2) is 0 Å². The molecule has 0 aliphatic heterocycles. The van der Waals surface area contributed by atoms with Gasteiger partial charge in [0.1, 0.15) is 10.8 Å². The summed E-state index contributed by atoms with van der Waals surface area (Å²) < 4.78 is 0. The average molecular weight is 393 g/mol. The fraction of sp³-hybridized carbons (Fsp3) is 0.667. The molecule has 1 aromatic rings. The number of rotatable bonds is 7. The van der Waals surface area contributed by atoms with Crippen LogP contribution < -0.4 is 21.7 Å². The van der Waals surface area contributed by atoms with E-state index in [0.717, 1.165) is 12.8 Å². The maximum atomic E-state index is 11.0. The SMILES string of the molecule is CC(=O)NCCNc1nc(C)c(C(N)=S)c(NC2(C)CCC3C(O)C32C)n1. The van der Waals surface area contributed by atoms with Crippen molar-refractivity contribution >= 4 is 34.9 Å². The Morgan fingerprint density at radius 3 is 2.63 bits per heavy atom. The van der Waals surface area contributed by atoms with Crippen LogP contribution >= 0.6 is 12.2 Å². The maximum Gasteiger partial charge on any atom is 0.224 e. The molecule has 1 amide bonds. The Morgan fingerprint density at radius 1 is 1.37 bits per heavy atom. The molecule has 6 N–H and O–H groups in total. The van der Waals surface area contributed by atoms with Crippen LogP contribution in [-0.2, 0) is 4.79 Å². The molecule has 0 aromatic carbocycles. The Balaban J connectivity index is 1.84. The first kappa shape index (κ1) is 19.8. The van der Waals surface area contributed by atoms with Gasteiger partial charge >= 0.3 is 0 Å². The van der Waals surface area contributed by atoms with Crippen molar-refractivity contribution in [3.63, 3.8) is 0 Å². The fourth-order valence-corrected chi connectivity index (χ4v) is 4.64. The topological polar surface area (TPSA) is 125 Å². The smallest absolute Gasteiger partial charge is 0.224 e. The van der Waals surface area contributed by atoms with Crippen molar-refractivity contribution in [2.75, 3.05) is 23.7 Å². The van der Waals surface area contributed by atoms with E-state index in [1.54, 1.807) is 0 Å². The second-order valence-corrected chi connectivity index (χ2v) is 8.40. The number of thiocarbonyl (C=S) groups is 1. The number of nitrogens with two attached hydrogens (primary N) is 1. The van der Waals surface area contributed by atoms with Crippen LogP contribution in [0, 0.1) is 18.3 Å². The summed E-state index contributed by atoms with van der Waals surface area (Å²) in [6.07, 6.45) is 1.63. The van der Waals surface area contributed by atoms with Crippen LogP contribution in [0.25, 0.3) is 0 Å². The molecule has 9 heteroatoms. The lowest BCUT2D eigenvalue weighted by molar-refractivity contribution is -0.118. The zero-order valence-corrected chi connectivity index (χ0v) is 17.0. The third kappa shape index (κ3) is 3.34. The molecule has 2 saturated carbocycles. The van der Waals surface area contributed by atoms with Crippen molar-refractivity contribution in [3.05, 3.63) is 11.3 Å². The van der Waals surface area contributed by atoms with Gasteiger partial charge in [-0.2, -0.15) is 4.98 Å². The van der Waals surface area contributed by atoms with E-state index in [4.69, 9.17) is 18.0 Å². The normalized spacial score (nSPS) is 31.1. The molecule has 27 heavy (non-hydrogen) atoms. The van der Waals surface area contributed by atoms with Gasteiger partial charge in [-0.15, -0.1) is 0 Å². The Hall–Kier alpha value is -2.00. The molecule has 2 aliphatic carbocycles. The molecule has 1 aromatic heterocycles. The molecular weight excluding hydrogens is 364 g/mol. The zero-order chi connectivity index (χ0) is 20.0. The second kappa shape index (κ2) is 6.87. The molecule has 0 saturated heterocycles. The number of amides is 1. The minimum absolute atomic E-state index is 0.0833. The Morgan fingerprint density at radius 2 is 2.07 bits per heavy atom. The third-order valence-electron chi connectivity index (χ3n) is 6.31. The number of aliphatic hydroxyl groups excluding tert-OH is 1. The monoisotopic (exact) mass is 392 g/mol. The molecule has 2 fully saturated rings. The lowest BCUT2D eigenvalue weighted by Crippen LogP contribution is -2.44. The van der Waals surface area contributed by atoms with E-state index >= 15 is 0 Å². The first-order valence-corrected chi connectivity index (χ1v) is 9.64. The predicted octanol–water partition coefficient (Wildman–Crippen LogP) is 0.929. The first-order chi connectivity index (χ1) is 12.6. The summed E-state index contributed by atoms with van der Waals surface area (Å²) in [4.78, 5) is 20.2. The number of nitrogens with zero attached hydrogens (tertiary/aromatic N) is 2. The number of aryl methyl sites for hydroxylation is 1. The largest absolute Gasteiger partial charge is 0.392 e. The average Bonchev–Trinajstić information content (AvgIpc) is 2.98. The Labute approximate surface area is 164 Å². The summed E-state index contributed by atoms with van der Waals surface area (Å²) in [7, 11) is 0. The molecule has 8 nitrogen and oxygen atoms in total. The van der Waals surface area contributed by atoms with Gasteiger partial charge in [-0.1, -0.05) is 19.1 Å². The van der Waals surface area contributed by atoms with Crippen molar-refractivity contribution in [3.8, 4) is 0 Å². The number of hydrogen-bond acceptors (Lipinski definition) is 7. The molecule has 2 aliphatic rings. The minimum atomic E-state index is -0.301. The summed E-state index contributed by atoms with van der Waals surface area (Å²) in [6, 6.07) is 0. The number of carbonyl (C=O) groups excluding carboxylic acids is 1. The number of aliphatic hydroxyl groups is 1. The summed E-state index contributed by atoms with van der Waals surface area (Å²) in [5.41, 5.74) is 6.76. The number of anilines is 2. The van der Waals surface area contributed by atoms with Crippen molar-refractivity contribution in [1.29, 1.82) is 0 Å². The van der Waals surface area contributed by atoms with Crippen LogP contribution in [0.1, 0.15) is 44.9 Å². The lowest BCUT2D eigenvalue weighted by Gasteiger charge is -2.36. The van der Waals surface area contributed by atoms with E-state index in [9.17, 15) is 9.90 Å². The summed E-state index contributed by atoms with van der Waals surface area (Å²) in [5, 5.41) is 19.7. The van der Waals surface area contributed by atoms with Crippen LogP contribution in [0.2, 0.25) is 0 Å². The number of fused-ring (bicyclic) bond motifs is 1. The van der Waals surface area contributed by atoms with Crippen molar-refractivity contribution in [2.45, 2.75) is 52.2 Å². The number of nitrogens with one attached hydrogen (secondary N) is 3. The molecule has 148 valence electrons. The molecule has 3 rings (SSSR count). The molecule has 0 bridgehead atoms. The van der Waals surface area contributed by atoms with Crippen molar-refractivity contribution in [1.82, 2.24) is 15.3 Å². The molecule has 1 heterocycles. The molecule has 4 unspecified atom stereocenters. The summed E-state index contributed by atoms with van der Waals surface area (Å²) in [5.74, 6) is 1.27. The van der Waals surface area contributed by atoms with Gasteiger partial charge in [-0.25, -0.2) is 4.98 Å². The molecule has 0 radical (unpaired) electrons. The Kier molecular flexibility index (Phi) is 5.02.